The summed E-state index contributed by atoms with van der Waals surface area (Å²) in [6.45, 7) is 4.57. The Morgan fingerprint density at radius 1 is 1.11 bits per heavy atom. The molecule has 3 nitrogen and oxygen atoms in total. The fourth-order valence-electron chi connectivity index (χ4n) is 2.18. The van der Waals surface area contributed by atoms with Crippen molar-refractivity contribution in [3.8, 4) is 0 Å². The molecule has 0 aliphatic rings. The number of aromatic nitrogens is 1. The van der Waals surface area contributed by atoms with Gasteiger partial charge in [0.25, 0.3) is 0 Å². The molecule has 1 heterocycles. The number of hydrogen-bond donors (Lipinski definition) is 2. The van der Waals surface area contributed by atoms with Gasteiger partial charge in [0, 0.05) is 12.1 Å². The molecule has 0 saturated heterocycles. The first-order valence-corrected chi connectivity index (χ1v) is 6.71. The zero-order valence-electron chi connectivity index (χ0n) is 11.5. The van der Waals surface area contributed by atoms with E-state index in [1.807, 2.05) is 19.1 Å². The van der Waals surface area contributed by atoms with Gasteiger partial charge in [-0.1, -0.05) is 31.2 Å². The Balaban J connectivity index is 2.13. The summed E-state index contributed by atoms with van der Waals surface area (Å²) >= 11 is 0. The Labute approximate surface area is 114 Å². The lowest BCUT2D eigenvalue weighted by atomic mass is 10.0. The first-order chi connectivity index (χ1) is 9.24. The van der Waals surface area contributed by atoms with Crippen molar-refractivity contribution in [2.24, 2.45) is 0 Å². The van der Waals surface area contributed by atoms with Gasteiger partial charge < -0.3 is 9.72 Å². The molecule has 0 aliphatic heterocycles. The van der Waals surface area contributed by atoms with Gasteiger partial charge >= 0.3 is 0 Å². The van der Waals surface area contributed by atoms with Crippen molar-refractivity contribution in [1.29, 1.82) is 5.41 Å². The van der Waals surface area contributed by atoms with Gasteiger partial charge in [-0.2, -0.15) is 0 Å². The van der Waals surface area contributed by atoms with Crippen LogP contribution in [0.25, 0.3) is 0 Å². The van der Waals surface area contributed by atoms with Gasteiger partial charge in [-0.25, -0.2) is 0 Å². The molecule has 1 aromatic carbocycles. The topological polar surface area (TPSA) is 48.9 Å². The maximum Gasteiger partial charge on any atom is 0.230 e. The van der Waals surface area contributed by atoms with E-state index < -0.39 is 0 Å². The number of aryl methyl sites for hydroxylation is 1. The molecule has 2 N–H and O–H groups in total. The Kier molecular flexibility index (Phi) is 4.39. The minimum absolute atomic E-state index is 0.206. The van der Waals surface area contributed by atoms with E-state index in [9.17, 15) is 0 Å². The number of hydrogen-bond acceptors (Lipinski definition) is 2. The lowest BCUT2D eigenvalue weighted by Crippen LogP contribution is -2.05. The van der Waals surface area contributed by atoms with Crippen molar-refractivity contribution in [3.63, 3.8) is 0 Å². The molecule has 100 valence electrons. The van der Waals surface area contributed by atoms with Gasteiger partial charge in [0.2, 0.25) is 5.90 Å². The third kappa shape index (κ3) is 3.25. The van der Waals surface area contributed by atoms with Crippen LogP contribution in [0, 0.1) is 5.41 Å². The van der Waals surface area contributed by atoms with Crippen molar-refractivity contribution in [3.05, 3.63) is 58.9 Å². The molecule has 0 bridgehead atoms. The number of aromatic amines is 1. The maximum atomic E-state index is 7.75. The normalized spacial score (nSPS) is 10.4. The zero-order valence-corrected chi connectivity index (χ0v) is 11.5. The van der Waals surface area contributed by atoms with Crippen LogP contribution in [0.3, 0.4) is 0 Å². The number of ether oxygens (including phenoxy) is 1. The van der Waals surface area contributed by atoms with E-state index in [2.05, 4.69) is 36.2 Å². The highest BCUT2D eigenvalue weighted by Crippen LogP contribution is 2.15. The largest absolute Gasteiger partial charge is 0.477 e. The highest BCUT2D eigenvalue weighted by Gasteiger charge is 2.07. The molecule has 2 rings (SSSR count). The maximum absolute atomic E-state index is 7.75. The second-order valence-corrected chi connectivity index (χ2v) is 4.46. The van der Waals surface area contributed by atoms with Crippen LogP contribution in [0.4, 0.5) is 0 Å². The Morgan fingerprint density at radius 2 is 1.84 bits per heavy atom. The number of H-pyrrole nitrogens is 1. The highest BCUT2D eigenvalue weighted by molar-refractivity contribution is 5.89. The standard InChI is InChI=1S/C16H20N2O/c1-3-12-7-5-6-8-13(12)11-14-9-10-15(18-14)16(17)19-4-2/h5-10,17-18H,3-4,11H2,1-2H3. The van der Waals surface area contributed by atoms with E-state index in [4.69, 9.17) is 10.1 Å². The monoisotopic (exact) mass is 256 g/mol. The van der Waals surface area contributed by atoms with Crippen LogP contribution in [0.1, 0.15) is 36.4 Å². The van der Waals surface area contributed by atoms with Gasteiger partial charge in [-0.3, -0.25) is 5.41 Å². The van der Waals surface area contributed by atoms with E-state index in [0.717, 1.165) is 24.2 Å². The van der Waals surface area contributed by atoms with E-state index in [1.165, 1.54) is 11.1 Å². The molecule has 0 aliphatic carbocycles. The summed E-state index contributed by atoms with van der Waals surface area (Å²) in [6.07, 6.45) is 1.90. The molecular formula is C16H20N2O. The summed E-state index contributed by atoms with van der Waals surface area (Å²) in [7, 11) is 0. The van der Waals surface area contributed by atoms with Gasteiger partial charge in [0.15, 0.2) is 0 Å². The number of benzene rings is 1. The third-order valence-electron chi connectivity index (χ3n) is 3.16. The lowest BCUT2D eigenvalue weighted by Gasteiger charge is -2.06. The molecule has 3 heteroatoms. The van der Waals surface area contributed by atoms with E-state index in [1.54, 1.807) is 0 Å². The summed E-state index contributed by atoms with van der Waals surface area (Å²) in [5.41, 5.74) is 4.56. The van der Waals surface area contributed by atoms with Gasteiger partial charge in [-0.05, 0) is 36.6 Å². The van der Waals surface area contributed by atoms with Crippen molar-refractivity contribution in [1.82, 2.24) is 4.98 Å². The second-order valence-electron chi connectivity index (χ2n) is 4.46. The quantitative estimate of drug-likeness (QED) is 0.624. The average molecular weight is 256 g/mol. The summed E-state index contributed by atoms with van der Waals surface area (Å²) in [5.74, 6) is 0.206. The Bertz CT molecular complexity index is 557. The molecule has 1 aromatic heterocycles. The van der Waals surface area contributed by atoms with Gasteiger partial charge in [-0.15, -0.1) is 0 Å². The summed E-state index contributed by atoms with van der Waals surface area (Å²) in [6, 6.07) is 12.4. The van der Waals surface area contributed by atoms with Crippen molar-refractivity contribution in [2.45, 2.75) is 26.7 Å². The Morgan fingerprint density at radius 3 is 2.53 bits per heavy atom. The van der Waals surface area contributed by atoms with E-state index >= 15 is 0 Å². The first-order valence-electron chi connectivity index (χ1n) is 6.71. The number of nitrogens with one attached hydrogen (secondary N) is 2. The zero-order chi connectivity index (χ0) is 13.7. The SMILES string of the molecule is CCOC(=N)c1ccc(Cc2ccccc2CC)[nH]1. The van der Waals surface area contributed by atoms with Crippen LogP contribution < -0.4 is 0 Å². The minimum Gasteiger partial charge on any atom is -0.477 e. The van der Waals surface area contributed by atoms with Crippen LogP contribution >= 0.6 is 0 Å². The van der Waals surface area contributed by atoms with Crippen molar-refractivity contribution >= 4 is 5.90 Å². The molecule has 0 fully saturated rings. The molecule has 0 spiro atoms. The molecule has 19 heavy (non-hydrogen) atoms. The second kappa shape index (κ2) is 6.23. The third-order valence-corrected chi connectivity index (χ3v) is 3.16. The van der Waals surface area contributed by atoms with Crippen LogP contribution in [-0.2, 0) is 17.6 Å². The molecule has 0 unspecified atom stereocenters. The molecule has 2 aromatic rings. The molecular weight excluding hydrogens is 236 g/mol. The van der Waals surface area contributed by atoms with Crippen LogP contribution in [0.5, 0.6) is 0 Å². The van der Waals surface area contributed by atoms with Crippen LogP contribution in [0.2, 0.25) is 0 Å². The fraction of sp³-hybridized carbons (Fsp3) is 0.312. The van der Waals surface area contributed by atoms with Gasteiger partial charge in [0.05, 0.1) is 6.61 Å². The molecule has 0 amide bonds. The predicted molar refractivity (Wildman–Crippen MR) is 77.9 cm³/mol. The van der Waals surface area contributed by atoms with Crippen molar-refractivity contribution in [2.75, 3.05) is 6.61 Å². The highest BCUT2D eigenvalue weighted by atomic mass is 16.5. The average Bonchev–Trinajstić information content (AvgIpc) is 2.88. The van der Waals surface area contributed by atoms with E-state index in [0.29, 0.717) is 6.61 Å². The minimum atomic E-state index is 0.206. The Hall–Kier alpha value is -2.03. The van der Waals surface area contributed by atoms with Crippen LogP contribution in [-0.4, -0.2) is 17.5 Å². The van der Waals surface area contributed by atoms with Crippen LogP contribution in [0.15, 0.2) is 36.4 Å². The first kappa shape index (κ1) is 13.4. The van der Waals surface area contributed by atoms with E-state index in [-0.39, 0.29) is 5.90 Å². The lowest BCUT2D eigenvalue weighted by molar-refractivity contribution is 0.324. The molecule has 0 atom stereocenters. The summed E-state index contributed by atoms with van der Waals surface area (Å²) < 4.78 is 5.19. The summed E-state index contributed by atoms with van der Waals surface area (Å²) in [5, 5.41) is 7.75. The fourth-order valence-corrected chi connectivity index (χ4v) is 2.18. The summed E-state index contributed by atoms with van der Waals surface area (Å²) in [4.78, 5) is 3.25. The molecule has 0 radical (unpaired) electrons. The van der Waals surface area contributed by atoms with Crippen molar-refractivity contribution < 1.29 is 4.74 Å². The smallest absolute Gasteiger partial charge is 0.230 e. The van der Waals surface area contributed by atoms with Gasteiger partial charge in [0.1, 0.15) is 5.69 Å². The molecule has 0 saturated carbocycles. The number of rotatable bonds is 5. The predicted octanol–water partition coefficient (Wildman–Crippen LogP) is 3.53.